The summed E-state index contributed by atoms with van der Waals surface area (Å²) in [5.41, 5.74) is 7.99. The second-order valence-electron chi connectivity index (χ2n) is 5.16. The highest BCUT2D eigenvalue weighted by Crippen LogP contribution is 2.26. The molecule has 0 unspecified atom stereocenters. The summed E-state index contributed by atoms with van der Waals surface area (Å²) in [5, 5.41) is 2.60. The van der Waals surface area contributed by atoms with Gasteiger partial charge in [0.2, 0.25) is 5.95 Å². The molecule has 0 atom stereocenters. The van der Waals surface area contributed by atoms with Crippen molar-refractivity contribution in [2.75, 3.05) is 12.8 Å². The minimum Gasteiger partial charge on any atom is -0.491 e. The van der Waals surface area contributed by atoms with Crippen LogP contribution in [0.2, 0.25) is 0 Å². The SMILES string of the molecule is CNC(=O)c1c(C)nc(N)nc1-c1ccc(OC(C)C)cc1. The molecule has 0 aliphatic rings. The maximum Gasteiger partial charge on any atom is 0.255 e. The molecule has 0 bridgehead atoms. The number of aryl methyl sites for hydroxylation is 1. The number of nitrogen functional groups attached to an aromatic ring is 1. The van der Waals surface area contributed by atoms with E-state index >= 15 is 0 Å². The molecule has 1 aromatic carbocycles. The van der Waals surface area contributed by atoms with Crippen molar-refractivity contribution >= 4 is 11.9 Å². The Morgan fingerprint density at radius 1 is 1.23 bits per heavy atom. The molecule has 1 heterocycles. The predicted molar refractivity (Wildman–Crippen MR) is 85.8 cm³/mol. The van der Waals surface area contributed by atoms with Gasteiger partial charge in [0.25, 0.3) is 5.91 Å². The van der Waals surface area contributed by atoms with Crippen LogP contribution in [0.1, 0.15) is 29.9 Å². The second kappa shape index (κ2) is 6.43. The fraction of sp³-hybridized carbons (Fsp3) is 0.312. The first-order chi connectivity index (χ1) is 10.4. The number of anilines is 1. The first-order valence-electron chi connectivity index (χ1n) is 7.05. The molecule has 0 fully saturated rings. The number of carbonyl (C=O) groups excluding carboxylic acids is 1. The van der Waals surface area contributed by atoms with E-state index in [-0.39, 0.29) is 18.0 Å². The van der Waals surface area contributed by atoms with Gasteiger partial charge in [-0.2, -0.15) is 0 Å². The van der Waals surface area contributed by atoms with Gasteiger partial charge in [-0.05, 0) is 45.0 Å². The summed E-state index contributed by atoms with van der Waals surface area (Å²) in [7, 11) is 1.57. The summed E-state index contributed by atoms with van der Waals surface area (Å²) in [6.45, 7) is 5.67. The molecule has 6 nitrogen and oxygen atoms in total. The van der Waals surface area contributed by atoms with E-state index in [0.29, 0.717) is 17.0 Å². The van der Waals surface area contributed by atoms with E-state index in [1.807, 2.05) is 38.1 Å². The fourth-order valence-electron chi connectivity index (χ4n) is 2.16. The molecule has 0 aliphatic heterocycles. The van der Waals surface area contributed by atoms with Crippen LogP contribution in [0.5, 0.6) is 5.75 Å². The number of benzene rings is 1. The van der Waals surface area contributed by atoms with Crippen LogP contribution in [0, 0.1) is 6.92 Å². The maximum atomic E-state index is 12.1. The van der Waals surface area contributed by atoms with Crippen molar-refractivity contribution in [2.45, 2.75) is 26.9 Å². The minimum atomic E-state index is -0.241. The molecule has 2 aromatic rings. The molecular weight excluding hydrogens is 280 g/mol. The first kappa shape index (κ1) is 15.8. The number of rotatable bonds is 4. The predicted octanol–water partition coefficient (Wildman–Crippen LogP) is 2.18. The molecule has 6 heteroatoms. The summed E-state index contributed by atoms with van der Waals surface area (Å²) in [6, 6.07) is 7.39. The van der Waals surface area contributed by atoms with E-state index in [9.17, 15) is 4.79 Å². The van der Waals surface area contributed by atoms with Gasteiger partial charge in [-0.1, -0.05) is 0 Å². The van der Waals surface area contributed by atoms with Crippen molar-refractivity contribution in [2.24, 2.45) is 0 Å². The van der Waals surface area contributed by atoms with E-state index in [1.54, 1.807) is 14.0 Å². The Morgan fingerprint density at radius 2 is 1.86 bits per heavy atom. The number of carbonyl (C=O) groups is 1. The van der Waals surface area contributed by atoms with Crippen LogP contribution in [-0.4, -0.2) is 29.0 Å². The zero-order valence-corrected chi connectivity index (χ0v) is 13.2. The number of nitrogens with one attached hydrogen (secondary N) is 1. The van der Waals surface area contributed by atoms with Crippen LogP contribution in [0.4, 0.5) is 5.95 Å². The molecule has 22 heavy (non-hydrogen) atoms. The number of hydrogen-bond acceptors (Lipinski definition) is 5. The van der Waals surface area contributed by atoms with E-state index < -0.39 is 0 Å². The number of hydrogen-bond donors (Lipinski definition) is 2. The number of amides is 1. The van der Waals surface area contributed by atoms with Gasteiger partial charge in [0.1, 0.15) is 5.75 Å². The highest BCUT2D eigenvalue weighted by Gasteiger charge is 2.18. The summed E-state index contributed by atoms with van der Waals surface area (Å²) in [4.78, 5) is 20.4. The fourth-order valence-corrected chi connectivity index (χ4v) is 2.16. The highest BCUT2D eigenvalue weighted by molar-refractivity contribution is 6.00. The van der Waals surface area contributed by atoms with Crippen LogP contribution >= 0.6 is 0 Å². The number of nitrogens with two attached hydrogens (primary N) is 1. The van der Waals surface area contributed by atoms with Crippen molar-refractivity contribution in [3.8, 4) is 17.0 Å². The molecule has 116 valence electrons. The van der Waals surface area contributed by atoms with Gasteiger partial charge in [0.15, 0.2) is 0 Å². The van der Waals surface area contributed by atoms with Gasteiger partial charge in [-0.25, -0.2) is 9.97 Å². The van der Waals surface area contributed by atoms with Gasteiger partial charge in [-0.3, -0.25) is 4.79 Å². The summed E-state index contributed by atoms with van der Waals surface area (Å²) < 4.78 is 5.61. The molecule has 3 N–H and O–H groups in total. The summed E-state index contributed by atoms with van der Waals surface area (Å²) >= 11 is 0. The van der Waals surface area contributed by atoms with E-state index in [2.05, 4.69) is 15.3 Å². The first-order valence-corrected chi connectivity index (χ1v) is 7.05. The van der Waals surface area contributed by atoms with Crippen molar-refractivity contribution in [3.05, 3.63) is 35.5 Å². The maximum absolute atomic E-state index is 12.1. The van der Waals surface area contributed by atoms with Gasteiger partial charge in [-0.15, -0.1) is 0 Å². The average molecular weight is 300 g/mol. The third kappa shape index (κ3) is 3.33. The average Bonchev–Trinajstić information content (AvgIpc) is 2.46. The lowest BCUT2D eigenvalue weighted by Gasteiger charge is -2.13. The molecule has 0 aliphatic carbocycles. The van der Waals surface area contributed by atoms with Crippen molar-refractivity contribution < 1.29 is 9.53 Å². The lowest BCUT2D eigenvalue weighted by atomic mass is 10.0. The van der Waals surface area contributed by atoms with Crippen LogP contribution in [0.25, 0.3) is 11.3 Å². The normalized spacial score (nSPS) is 10.6. The molecule has 0 spiro atoms. The number of aromatic nitrogens is 2. The molecule has 1 amide bonds. The Kier molecular flexibility index (Phi) is 4.60. The molecule has 1 aromatic heterocycles. The van der Waals surface area contributed by atoms with Gasteiger partial charge in [0, 0.05) is 12.6 Å². The van der Waals surface area contributed by atoms with Crippen LogP contribution in [0.15, 0.2) is 24.3 Å². The van der Waals surface area contributed by atoms with Gasteiger partial charge < -0.3 is 15.8 Å². The summed E-state index contributed by atoms with van der Waals surface area (Å²) in [5.74, 6) is 0.664. The molecular formula is C16H20N4O2. The van der Waals surface area contributed by atoms with E-state index in [0.717, 1.165) is 11.3 Å². The lowest BCUT2D eigenvalue weighted by Crippen LogP contribution is -2.21. The molecule has 0 saturated carbocycles. The number of nitrogens with zero attached hydrogens (tertiary/aromatic N) is 2. The van der Waals surface area contributed by atoms with E-state index in [1.165, 1.54) is 0 Å². The second-order valence-corrected chi connectivity index (χ2v) is 5.16. The van der Waals surface area contributed by atoms with Gasteiger partial charge in [0.05, 0.1) is 23.1 Å². The van der Waals surface area contributed by atoms with Crippen molar-refractivity contribution in [3.63, 3.8) is 0 Å². The topological polar surface area (TPSA) is 90.1 Å². The van der Waals surface area contributed by atoms with Gasteiger partial charge >= 0.3 is 0 Å². The smallest absolute Gasteiger partial charge is 0.255 e. The molecule has 2 rings (SSSR count). The van der Waals surface area contributed by atoms with Crippen LogP contribution in [0.3, 0.4) is 0 Å². The molecule has 0 saturated heterocycles. The Morgan fingerprint density at radius 3 is 2.41 bits per heavy atom. The summed E-state index contributed by atoms with van der Waals surface area (Å²) in [6.07, 6.45) is 0.101. The Hall–Kier alpha value is -2.63. The highest BCUT2D eigenvalue weighted by atomic mass is 16.5. The number of ether oxygens (including phenoxy) is 1. The zero-order valence-electron chi connectivity index (χ0n) is 13.2. The monoisotopic (exact) mass is 300 g/mol. The van der Waals surface area contributed by atoms with Crippen molar-refractivity contribution in [1.29, 1.82) is 0 Å². The Balaban J connectivity index is 2.49. The molecule has 0 radical (unpaired) electrons. The Bertz CT molecular complexity index is 681. The lowest BCUT2D eigenvalue weighted by molar-refractivity contribution is 0.0962. The van der Waals surface area contributed by atoms with Crippen LogP contribution < -0.4 is 15.8 Å². The largest absolute Gasteiger partial charge is 0.491 e. The Labute approximate surface area is 129 Å². The quantitative estimate of drug-likeness (QED) is 0.903. The third-order valence-electron chi connectivity index (χ3n) is 3.06. The van der Waals surface area contributed by atoms with Crippen molar-refractivity contribution in [1.82, 2.24) is 15.3 Å². The van der Waals surface area contributed by atoms with E-state index in [4.69, 9.17) is 10.5 Å². The zero-order chi connectivity index (χ0) is 16.3. The minimum absolute atomic E-state index is 0.101. The third-order valence-corrected chi connectivity index (χ3v) is 3.06. The standard InChI is InChI=1S/C16H20N4O2/c1-9(2)22-12-7-5-11(6-8-12)14-13(15(21)18-4)10(3)19-16(17)20-14/h5-9H,1-4H3,(H,18,21)(H2,17,19,20). The van der Waals surface area contributed by atoms with Crippen LogP contribution in [-0.2, 0) is 0 Å².